The van der Waals surface area contributed by atoms with E-state index in [2.05, 4.69) is 9.97 Å². The molecule has 0 aromatic carbocycles. The Morgan fingerprint density at radius 1 is 1.61 bits per heavy atom. The highest BCUT2D eigenvalue weighted by Crippen LogP contribution is 2.09. The highest BCUT2D eigenvalue weighted by molar-refractivity contribution is 5.73. The minimum absolute atomic E-state index is 0.484. The van der Waals surface area contributed by atoms with Gasteiger partial charge in [-0.25, -0.2) is 9.97 Å². The Balaban J connectivity index is 2.15. The van der Waals surface area contributed by atoms with Gasteiger partial charge in [-0.1, -0.05) is 6.92 Å². The molecule has 0 amide bonds. The molecule has 1 N–H and O–H groups in total. The predicted molar refractivity (Wildman–Crippen MR) is 66.2 cm³/mol. The minimum atomic E-state index is -0.804. The largest absolute Gasteiger partial charge is 0.480 e. The van der Waals surface area contributed by atoms with Crippen molar-refractivity contribution in [1.82, 2.24) is 19.3 Å². The van der Waals surface area contributed by atoms with Gasteiger partial charge in [-0.05, 0) is 19.5 Å². The van der Waals surface area contributed by atoms with Gasteiger partial charge in [-0.15, -0.1) is 0 Å². The fourth-order valence-corrected chi connectivity index (χ4v) is 2.00. The molecule has 2 heterocycles. The molecule has 2 rings (SSSR count). The van der Waals surface area contributed by atoms with Gasteiger partial charge < -0.3 is 5.11 Å². The molecule has 0 radical (unpaired) electrons. The first kappa shape index (κ1) is 12.5. The molecule has 0 fully saturated rings. The van der Waals surface area contributed by atoms with Crippen molar-refractivity contribution in [1.29, 1.82) is 0 Å². The number of nitrogens with zero attached hydrogens (tertiary/aromatic N) is 4. The van der Waals surface area contributed by atoms with Gasteiger partial charge in [0.25, 0.3) is 0 Å². The van der Waals surface area contributed by atoms with Crippen LogP contribution in [0.4, 0.5) is 0 Å². The monoisotopic (exact) mass is 248 g/mol. The lowest BCUT2D eigenvalue weighted by molar-refractivity contribution is -0.143. The van der Waals surface area contributed by atoms with Gasteiger partial charge >= 0.3 is 5.97 Å². The summed E-state index contributed by atoms with van der Waals surface area (Å²) >= 11 is 0. The molecule has 0 saturated heterocycles. The lowest BCUT2D eigenvalue weighted by atomic mass is 10.2. The number of hydrogen-bond acceptors (Lipinski definition) is 4. The molecule has 0 aliphatic carbocycles. The van der Waals surface area contributed by atoms with Crippen molar-refractivity contribution >= 4 is 11.7 Å². The van der Waals surface area contributed by atoms with Crippen LogP contribution in [-0.4, -0.2) is 43.4 Å². The molecule has 0 aliphatic rings. The van der Waals surface area contributed by atoms with Gasteiger partial charge in [-0.2, -0.15) is 0 Å². The van der Waals surface area contributed by atoms with Crippen molar-refractivity contribution < 1.29 is 9.90 Å². The third-order valence-electron chi connectivity index (χ3n) is 2.90. The van der Waals surface area contributed by atoms with Gasteiger partial charge in [-0.3, -0.25) is 14.1 Å². The van der Waals surface area contributed by atoms with Gasteiger partial charge in [0.2, 0.25) is 5.78 Å². The van der Waals surface area contributed by atoms with Crippen LogP contribution >= 0.6 is 0 Å². The zero-order valence-corrected chi connectivity index (χ0v) is 10.4. The van der Waals surface area contributed by atoms with Gasteiger partial charge in [0, 0.05) is 25.1 Å². The maximum Gasteiger partial charge on any atom is 0.320 e. The maximum absolute atomic E-state index is 11.1. The summed E-state index contributed by atoms with van der Waals surface area (Å²) in [4.78, 5) is 21.3. The summed E-state index contributed by atoms with van der Waals surface area (Å²) in [7, 11) is 1.79. The molecule has 0 bridgehead atoms. The predicted octanol–water partition coefficient (Wildman–Crippen LogP) is 1.02. The van der Waals surface area contributed by atoms with Crippen LogP contribution in [0.2, 0.25) is 0 Å². The molecule has 1 unspecified atom stereocenters. The first-order valence-corrected chi connectivity index (χ1v) is 5.83. The Bertz CT molecular complexity index is 519. The second-order valence-electron chi connectivity index (χ2n) is 4.24. The van der Waals surface area contributed by atoms with Crippen molar-refractivity contribution in [2.24, 2.45) is 0 Å². The zero-order chi connectivity index (χ0) is 13.1. The second-order valence-corrected chi connectivity index (χ2v) is 4.24. The van der Waals surface area contributed by atoms with Gasteiger partial charge in [0.1, 0.15) is 6.04 Å². The number of imidazole rings is 1. The van der Waals surface area contributed by atoms with Crippen molar-refractivity contribution in [2.45, 2.75) is 25.9 Å². The van der Waals surface area contributed by atoms with E-state index < -0.39 is 12.0 Å². The van der Waals surface area contributed by atoms with Crippen molar-refractivity contribution in [3.05, 3.63) is 30.4 Å². The summed E-state index contributed by atoms with van der Waals surface area (Å²) in [6, 6.07) is 1.34. The molecule has 6 heteroatoms. The third kappa shape index (κ3) is 2.48. The van der Waals surface area contributed by atoms with E-state index in [-0.39, 0.29) is 0 Å². The van der Waals surface area contributed by atoms with Gasteiger partial charge in [0.15, 0.2) is 0 Å². The molecule has 6 nitrogen and oxygen atoms in total. The van der Waals surface area contributed by atoms with Crippen LogP contribution in [-0.2, 0) is 11.3 Å². The number of aromatic nitrogens is 3. The van der Waals surface area contributed by atoms with E-state index in [1.165, 1.54) is 0 Å². The van der Waals surface area contributed by atoms with E-state index in [4.69, 9.17) is 5.11 Å². The van der Waals surface area contributed by atoms with Crippen molar-refractivity contribution in [3.8, 4) is 0 Å². The lowest BCUT2D eigenvalue weighted by Crippen LogP contribution is -2.37. The number of aliphatic carboxylic acids is 1. The van der Waals surface area contributed by atoms with Crippen LogP contribution < -0.4 is 0 Å². The summed E-state index contributed by atoms with van der Waals surface area (Å²) in [6.45, 7) is 2.36. The summed E-state index contributed by atoms with van der Waals surface area (Å²) in [5.41, 5.74) is 0.816. The van der Waals surface area contributed by atoms with Crippen molar-refractivity contribution in [3.63, 3.8) is 0 Å². The van der Waals surface area contributed by atoms with E-state index in [1.54, 1.807) is 18.1 Å². The van der Waals surface area contributed by atoms with E-state index in [0.29, 0.717) is 18.7 Å². The fourth-order valence-electron chi connectivity index (χ4n) is 2.00. The Morgan fingerprint density at radius 2 is 2.39 bits per heavy atom. The molecule has 2 aromatic heterocycles. The molecule has 0 saturated carbocycles. The summed E-state index contributed by atoms with van der Waals surface area (Å²) in [5, 5.41) is 9.08. The maximum atomic E-state index is 11.1. The molecule has 2 aromatic rings. The summed E-state index contributed by atoms with van der Waals surface area (Å²) in [6.07, 6.45) is 5.99. The average Bonchev–Trinajstić information content (AvgIpc) is 2.71. The van der Waals surface area contributed by atoms with Crippen molar-refractivity contribution in [2.75, 3.05) is 7.05 Å². The third-order valence-corrected chi connectivity index (χ3v) is 2.90. The SMILES string of the molecule is CCC(C(=O)O)N(C)Cc1cn2cccnc2n1. The number of likely N-dealkylation sites (N-methyl/N-ethyl adjacent to an activating group) is 1. The molecular weight excluding hydrogens is 232 g/mol. The highest BCUT2D eigenvalue weighted by Gasteiger charge is 2.21. The fraction of sp³-hybridized carbons (Fsp3) is 0.417. The van der Waals surface area contributed by atoms with Crippen LogP contribution in [0.5, 0.6) is 0 Å². The zero-order valence-electron chi connectivity index (χ0n) is 10.4. The lowest BCUT2D eigenvalue weighted by Gasteiger charge is -2.22. The minimum Gasteiger partial charge on any atom is -0.480 e. The van der Waals surface area contributed by atoms with Crippen LogP contribution in [0.15, 0.2) is 24.7 Å². The molecule has 1 atom stereocenters. The highest BCUT2D eigenvalue weighted by atomic mass is 16.4. The number of hydrogen-bond donors (Lipinski definition) is 1. The molecule has 96 valence electrons. The first-order valence-electron chi connectivity index (χ1n) is 5.83. The number of carboxylic acids is 1. The normalized spacial score (nSPS) is 13.1. The van der Waals surface area contributed by atoms with Gasteiger partial charge in [0.05, 0.1) is 5.69 Å². The van der Waals surface area contributed by atoms with Crippen LogP contribution in [0.25, 0.3) is 5.78 Å². The van der Waals surface area contributed by atoms with E-state index >= 15 is 0 Å². The topological polar surface area (TPSA) is 70.7 Å². The first-order chi connectivity index (χ1) is 8.61. The van der Waals surface area contributed by atoms with E-state index in [1.807, 2.05) is 29.8 Å². The standard InChI is InChI=1S/C12H16N4O2/c1-3-10(11(17)18)15(2)7-9-8-16-6-4-5-13-12(16)14-9/h4-6,8,10H,3,7H2,1-2H3,(H,17,18). The Kier molecular flexibility index (Phi) is 3.57. The average molecular weight is 248 g/mol. The van der Waals surface area contributed by atoms with E-state index in [0.717, 1.165) is 5.69 Å². The smallest absolute Gasteiger partial charge is 0.320 e. The van der Waals surface area contributed by atoms with E-state index in [9.17, 15) is 4.79 Å². The van der Waals surface area contributed by atoms with Crippen LogP contribution in [0.3, 0.4) is 0 Å². The Labute approximate surface area is 105 Å². The Hall–Kier alpha value is -1.95. The molecule has 18 heavy (non-hydrogen) atoms. The quantitative estimate of drug-likeness (QED) is 0.855. The molecule has 0 aliphatic heterocycles. The number of carboxylic acid groups (broad SMARTS) is 1. The van der Waals surface area contributed by atoms with Crippen LogP contribution in [0.1, 0.15) is 19.0 Å². The second kappa shape index (κ2) is 5.14. The number of carbonyl (C=O) groups is 1. The molecular formula is C12H16N4O2. The number of fused-ring (bicyclic) bond motifs is 1. The summed E-state index contributed by atoms with van der Waals surface area (Å²) < 4.78 is 1.82. The number of rotatable bonds is 5. The van der Waals surface area contributed by atoms with Crippen LogP contribution in [0, 0.1) is 0 Å². The summed E-state index contributed by atoms with van der Waals surface area (Å²) in [5.74, 6) is -0.175. The Morgan fingerprint density at radius 3 is 3.00 bits per heavy atom. The molecule has 0 spiro atoms.